The summed E-state index contributed by atoms with van der Waals surface area (Å²) in [7, 11) is 0. The first-order valence-electron chi connectivity index (χ1n) is 11.4. The number of hydrogen-bond acceptors (Lipinski definition) is 7. The van der Waals surface area contributed by atoms with E-state index in [1.807, 2.05) is 49.5 Å². The number of fused-ring (bicyclic) bond motifs is 1. The maximum absolute atomic E-state index is 14.9. The van der Waals surface area contributed by atoms with Gasteiger partial charge in [-0.05, 0) is 42.9 Å². The van der Waals surface area contributed by atoms with Crippen molar-refractivity contribution < 1.29 is 13.9 Å². The Balaban J connectivity index is 1.26. The zero-order valence-electron chi connectivity index (χ0n) is 19.6. The van der Waals surface area contributed by atoms with Gasteiger partial charge in [-0.15, -0.1) is 16.4 Å². The first kappa shape index (κ1) is 24.5. The van der Waals surface area contributed by atoms with Crippen LogP contribution in [0.1, 0.15) is 12.5 Å². The SMILES string of the molecule is CCn1cc(-c2cc3nccc(Oc4ccc(NC(=S)NC(=O)Cc5ccccc5)cc4F)c3s2)nn1. The number of rotatable bonds is 7. The van der Waals surface area contributed by atoms with Crippen molar-refractivity contribution in [2.24, 2.45) is 0 Å². The Bertz CT molecular complexity index is 1580. The van der Waals surface area contributed by atoms with Crippen LogP contribution in [0.5, 0.6) is 11.5 Å². The number of thiophene rings is 1. The number of anilines is 1. The molecule has 0 aliphatic heterocycles. The molecule has 0 saturated heterocycles. The van der Waals surface area contributed by atoms with E-state index in [9.17, 15) is 9.18 Å². The van der Waals surface area contributed by atoms with E-state index < -0.39 is 5.82 Å². The van der Waals surface area contributed by atoms with Crippen LogP contribution in [-0.2, 0) is 17.8 Å². The second kappa shape index (κ2) is 10.8. The van der Waals surface area contributed by atoms with Crippen LogP contribution in [0.4, 0.5) is 10.1 Å². The van der Waals surface area contributed by atoms with Gasteiger partial charge in [0.15, 0.2) is 16.7 Å². The number of thiocarbonyl (C=S) groups is 1. The largest absolute Gasteiger partial charge is 0.453 e. The van der Waals surface area contributed by atoms with Crippen molar-refractivity contribution >= 4 is 50.5 Å². The second-order valence-corrected chi connectivity index (χ2v) is 9.47. The third-order valence-electron chi connectivity index (χ3n) is 5.36. The van der Waals surface area contributed by atoms with Gasteiger partial charge < -0.3 is 15.4 Å². The number of aryl methyl sites for hydroxylation is 1. The van der Waals surface area contributed by atoms with Gasteiger partial charge in [-0.3, -0.25) is 14.5 Å². The average molecular weight is 533 g/mol. The van der Waals surface area contributed by atoms with E-state index >= 15 is 0 Å². The lowest BCUT2D eigenvalue weighted by atomic mass is 10.1. The maximum Gasteiger partial charge on any atom is 0.230 e. The number of nitrogens with zero attached hydrogens (tertiary/aromatic N) is 4. The van der Waals surface area contributed by atoms with Crippen LogP contribution in [0.3, 0.4) is 0 Å². The molecular weight excluding hydrogens is 511 g/mol. The molecule has 1 amide bonds. The molecule has 5 rings (SSSR count). The van der Waals surface area contributed by atoms with Crippen molar-refractivity contribution in [1.82, 2.24) is 25.3 Å². The Morgan fingerprint density at radius 1 is 1.14 bits per heavy atom. The molecule has 3 heterocycles. The van der Waals surface area contributed by atoms with Crippen LogP contribution in [0.2, 0.25) is 0 Å². The van der Waals surface area contributed by atoms with Crippen LogP contribution < -0.4 is 15.4 Å². The number of pyridine rings is 1. The minimum atomic E-state index is -0.587. The molecule has 0 atom stereocenters. The lowest BCUT2D eigenvalue weighted by Gasteiger charge is -2.12. The van der Waals surface area contributed by atoms with Crippen LogP contribution in [0, 0.1) is 5.82 Å². The normalized spacial score (nSPS) is 10.9. The first-order chi connectivity index (χ1) is 18.0. The highest BCUT2D eigenvalue weighted by Gasteiger charge is 2.15. The minimum absolute atomic E-state index is 0.0453. The quantitative estimate of drug-likeness (QED) is 0.265. The molecule has 0 spiro atoms. The van der Waals surface area contributed by atoms with E-state index in [0.29, 0.717) is 11.4 Å². The molecule has 2 aromatic carbocycles. The number of benzene rings is 2. The number of hydrogen-bond donors (Lipinski definition) is 2. The van der Waals surface area contributed by atoms with E-state index in [4.69, 9.17) is 17.0 Å². The topological polar surface area (TPSA) is 94.0 Å². The van der Waals surface area contributed by atoms with Gasteiger partial charge >= 0.3 is 0 Å². The standard InChI is InChI=1S/C26H21FN6O2S2/c1-2-33-15-20(31-32-33)23-14-19-25(37-23)22(10-11-28-19)35-21-9-8-17(13-18(21)27)29-26(36)30-24(34)12-16-6-4-3-5-7-16/h3-11,13-15H,2,12H2,1H3,(H2,29,30,34,36). The van der Waals surface area contributed by atoms with E-state index in [2.05, 4.69) is 25.9 Å². The van der Waals surface area contributed by atoms with Crippen molar-refractivity contribution in [1.29, 1.82) is 0 Å². The van der Waals surface area contributed by atoms with Crippen molar-refractivity contribution in [2.45, 2.75) is 19.9 Å². The summed E-state index contributed by atoms with van der Waals surface area (Å²) in [6, 6.07) is 17.3. The molecule has 5 aromatic rings. The highest BCUT2D eigenvalue weighted by Crippen LogP contribution is 2.39. The molecule has 0 unspecified atom stereocenters. The van der Waals surface area contributed by atoms with E-state index in [1.165, 1.54) is 23.5 Å². The molecule has 0 fully saturated rings. The molecular formula is C26H21FN6O2S2. The van der Waals surface area contributed by atoms with Gasteiger partial charge in [-0.1, -0.05) is 35.5 Å². The fourth-order valence-electron chi connectivity index (χ4n) is 3.58. The summed E-state index contributed by atoms with van der Waals surface area (Å²) in [4.78, 5) is 17.5. The summed E-state index contributed by atoms with van der Waals surface area (Å²) in [5.74, 6) is -0.328. The molecule has 0 saturated carbocycles. The predicted octanol–water partition coefficient (Wildman–Crippen LogP) is 5.56. The zero-order chi connectivity index (χ0) is 25.8. The predicted molar refractivity (Wildman–Crippen MR) is 145 cm³/mol. The summed E-state index contributed by atoms with van der Waals surface area (Å²) < 4.78 is 23.3. The average Bonchev–Trinajstić information content (AvgIpc) is 3.54. The lowest BCUT2D eigenvalue weighted by molar-refractivity contribution is -0.119. The van der Waals surface area contributed by atoms with Gasteiger partial charge in [0, 0.05) is 30.6 Å². The van der Waals surface area contributed by atoms with Crippen molar-refractivity contribution in [3.63, 3.8) is 0 Å². The Hall–Kier alpha value is -4.22. The number of aromatic nitrogens is 4. The Kier molecular flexibility index (Phi) is 7.15. The van der Waals surface area contributed by atoms with Crippen molar-refractivity contribution in [2.75, 3.05) is 5.32 Å². The number of halogens is 1. The Labute approximate surface area is 221 Å². The van der Waals surface area contributed by atoms with Crippen LogP contribution >= 0.6 is 23.6 Å². The number of amides is 1. The van der Waals surface area contributed by atoms with E-state index in [1.54, 1.807) is 23.0 Å². The Morgan fingerprint density at radius 3 is 2.73 bits per heavy atom. The monoisotopic (exact) mass is 532 g/mol. The second-order valence-electron chi connectivity index (χ2n) is 8.01. The van der Waals surface area contributed by atoms with Gasteiger partial charge in [0.1, 0.15) is 11.4 Å². The summed E-state index contributed by atoms with van der Waals surface area (Å²) in [5.41, 5.74) is 2.71. The fraction of sp³-hybridized carbons (Fsp3) is 0.115. The van der Waals surface area contributed by atoms with Gasteiger partial charge in [-0.2, -0.15) is 0 Å². The lowest BCUT2D eigenvalue weighted by Crippen LogP contribution is -2.35. The van der Waals surface area contributed by atoms with Crippen LogP contribution in [0.15, 0.2) is 73.1 Å². The van der Waals surface area contributed by atoms with E-state index in [-0.39, 0.29) is 23.2 Å². The smallest absolute Gasteiger partial charge is 0.230 e. The third kappa shape index (κ3) is 5.79. The number of nitrogens with one attached hydrogen (secondary N) is 2. The van der Waals surface area contributed by atoms with Gasteiger partial charge in [-0.25, -0.2) is 4.39 Å². The summed E-state index contributed by atoms with van der Waals surface area (Å²) in [5, 5.41) is 13.8. The van der Waals surface area contributed by atoms with Crippen molar-refractivity contribution in [3.05, 3.63) is 84.4 Å². The molecule has 186 valence electrons. The number of carbonyl (C=O) groups excluding carboxylic acids is 1. The van der Waals surface area contributed by atoms with Crippen molar-refractivity contribution in [3.8, 4) is 22.1 Å². The van der Waals surface area contributed by atoms with E-state index in [0.717, 1.165) is 32.9 Å². The highest BCUT2D eigenvalue weighted by atomic mass is 32.1. The van der Waals surface area contributed by atoms with Crippen LogP contribution in [0.25, 0.3) is 20.8 Å². The minimum Gasteiger partial charge on any atom is -0.453 e. The molecule has 37 heavy (non-hydrogen) atoms. The van der Waals surface area contributed by atoms with Gasteiger partial charge in [0.2, 0.25) is 5.91 Å². The molecule has 0 aliphatic carbocycles. The van der Waals surface area contributed by atoms with Gasteiger partial charge in [0.05, 0.1) is 27.7 Å². The summed E-state index contributed by atoms with van der Waals surface area (Å²) in [6.45, 7) is 2.71. The molecule has 3 aromatic heterocycles. The summed E-state index contributed by atoms with van der Waals surface area (Å²) >= 11 is 6.65. The Morgan fingerprint density at radius 2 is 1.97 bits per heavy atom. The molecule has 0 aliphatic rings. The zero-order valence-corrected chi connectivity index (χ0v) is 21.3. The number of carbonyl (C=O) groups is 1. The molecule has 0 bridgehead atoms. The first-order valence-corrected chi connectivity index (χ1v) is 12.6. The van der Waals surface area contributed by atoms with Gasteiger partial charge in [0.25, 0.3) is 0 Å². The highest BCUT2D eigenvalue weighted by molar-refractivity contribution is 7.80. The third-order valence-corrected chi connectivity index (χ3v) is 6.73. The summed E-state index contributed by atoms with van der Waals surface area (Å²) in [6.07, 6.45) is 3.66. The molecule has 11 heteroatoms. The fourth-order valence-corrected chi connectivity index (χ4v) is 4.83. The maximum atomic E-state index is 14.9. The molecule has 2 N–H and O–H groups in total. The molecule has 8 nitrogen and oxygen atoms in total. The molecule has 0 radical (unpaired) electrons. The number of ether oxygens (including phenoxy) is 1. The van der Waals surface area contributed by atoms with Crippen LogP contribution in [-0.4, -0.2) is 31.0 Å².